The Morgan fingerprint density at radius 2 is 2.33 bits per heavy atom. The van der Waals surface area contributed by atoms with Gasteiger partial charge in [0.25, 0.3) is 0 Å². The predicted octanol–water partition coefficient (Wildman–Crippen LogP) is 0.599. The molecule has 0 saturated carbocycles. The summed E-state index contributed by atoms with van der Waals surface area (Å²) >= 11 is 0. The second-order valence-electron chi connectivity index (χ2n) is 4.18. The van der Waals surface area contributed by atoms with Crippen LogP contribution in [0.4, 0.5) is 4.79 Å². The summed E-state index contributed by atoms with van der Waals surface area (Å²) in [5.74, 6) is 0.425. The van der Waals surface area contributed by atoms with Gasteiger partial charge in [0.1, 0.15) is 12.6 Å². The van der Waals surface area contributed by atoms with E-state index in [9.17, 15) is 9.59 Å². The Labute approximate surface area is 89.8 Å². The molecule has 0 radical (unpaired) electrons. The van der Waals surface area contributed by atoms with Gasteiger partial charge < -0.3 is 10.1 Å². The molecule has 0 aromatic heterocycles. The molecule has 1 fully saturated rings. The van der Waals surface area contributed by atoms with Crippen LogP contribution in [-0.4, -0.2) is 43.1 Å². The topological polar surface area (TPSA) is 58.6 Å². The van der Waals surface area contributed by atoms with Crippen LogP contribution in [0.5, 0.6) is 0 Å². The second-order valence-corrected chi connectivity index (χ2v) is 4.18. The summed E-state index contributed by atoms with van der Waals surface area (Å²) < 4.78 is 4.75. The smallest absolute Gasteiger partial charge is 0.410 e. The van der Waals surface area contributed by atoms with Crippen LogP contribution in [0.2, 0.25) is 0 Å². The van der Waals surface area contributed by atoms with Gasteiger partial charge in [-0.2, -0.15) is 0 Å². The molecule has 0 aromatic carbocycles. The number of nitrogens with zero attached hydrogens (tertiary/aromatic N) is 1. The number of cyclic esters (lactones) is 1. The van der Waals surface area contributed by atoms with E-state index in [-0.39, 0.29) is 12.5 Å². The van der Waals surface area contributed by atoms with Gasteiger partial charge >= 0.3 is 6.09 Å². The number of hydrogen-bond acceptors (Lipinski definition) is 3. The van der Waals surface area contributed by atoms with Crippen LogP contribution in [0.15, 0.2) is 0 Å². The van der Waals surface area contributed by atoms with Gasteiger partial charge in [-0.1, -0.05) is 13.8 Å². The van der Waals surface area contributed by atoms with Crippen molar-refractivity contribution in [2.24, 2.45) is 5.92 Å². The van der Waals surface area contributed by atoms with E-state index in [0.29, 0.717) is 12.5 Å². The van der Waals surface area contributed by atoms with Crippen molar-refractivity contribution in [3.8, 4) is 0 Å². The van der Waals surface area contributed by atoms with Crippen molar-refractivity contribution in [1.29, 1.82) is 0 Å². The third kappa shape index (κ3) is 3.11. The van der Waals surface area contributed by atoms with Crippen LogP contribution < -0.4 is 5.32 Å². The molecule has 1 unspecified atom stereocenters. The molecule has 86 valence electrons. The van der Waals surface area contributed by atoms with Gasteiger partial charge in [-0.05, 0) is 12.3 Å². The molecule has 5 nitrogen and oxygen atoms in total. The number of rotatable bonds is 4. The average molecular weight is 214 g/mol. The van der Waals surface area contributed by atoms with Crippen molar-refractivity contribution in [1.82, 2.24) is 10.2 Å². The Hall–Kier alpha value is -1.26. The van der Waals surface area contributed by atoms with E-state index < -0.39 is 12.1 Å². The third-order valence-corrected chi connectivity index (χ3v) is 2.44. The van der Waals surface area contributed by atoms with E-state index >= 15 is 0 Å². The second kappa shape index (κ2) is 5.00. The minimum absolute atomic E-state index is 0.135. The van der Waals surface area contributed by atoms with E-state index in [2.05, 4.69) is 19.2 Å². The Morgan fingerprint density at radius 1 is 1.67 bits per heavy atom. The van der Waals surface area contributed by atoms with Crippen molar-refractivity contribution < 1.29 is 14.3 Å². The first-order valence-electron chi connectivity index (χ1n) is 5.19. The molecule has 1 atom stereocenters. The van der Waals surface area contributed by atoms with Crippen LogP contribution in [0.25, 0.3) is 0 Å². The Balaban J connectivity index is 2.31. The van der Waals surface area contributed by atoms with Crippen molar-refractivity contribution >= 4 is 12.0 Å². The molecule has 0 spiro atoms. The van der Waals surface area contributed by atoms with Gasteiger partial charge in [0, 0.05) is 13.6 Å². The van der Waals surface area contributed by atoms with E-state index in [1.165, 1.54) is 4.90 Å². The molecule has 1 saturated heterocycles. The van der Waals surface area contributed by atoms with Crippen LogP contribution in [0, 0.1) is 5.92 Å². The van der Waals surface area contributed by atoms with Crippen molar-refractivity contribution in [2.75, 3.05) is 20.2 Å². The molecule has 1 N–H and O–H groups in total. The summed E-state index contributed by atoms with van der Waals surface area (Å²) in [4.78, 5) is 23.9. The van der Waals surface area contributed by atoms with Crippen molar-refractivity contribution in [3.05, 3.63) is 0 Å². The molecule has 2 amide bonds. The first-order chi connectivity index (χ1) is 7.02. The first kappa shape index (κ1) is 11.8. The molecule has 1 rings (SSSR count). The zero-order valence-corrected chi connectivity index (χ0v) is 9.45. The first-order valence-corrected chi connectivity index (χ1v) is 5.19. The summed E-state index contributed by atoms with van der Waals surface area (Å²) in [6.07, 6.45) is 0.510. The van der Waals surface area contributed by atoms with Crippen LogP contribution in [0.3, 0.4) is 0 Å². The third-order valence-electron chi connectivity index (χ3n) is 2.44. The van der Waals surface area contributed by atoms with Crippen LogP contribution >= 0.6 is 0 Å². The highest BCUT2D eigenvalue weighted by atomic mass is 16.6. The number of amides is 2. The van der Waals surface area contributed by atoms with E-state index in [4.69, 9.17) is 4.74 Å². The van der Waals surface area contributed by atoms with Gasteiger partial charge in [0.15, 0.2) is 0 Å². The fourth-order valence-electron chi connectivity index (χ4n) is 1.34. The molecular formula is C10H18N2O3. The summed E-state index contributed by atoms with van der Waals surface area (Å²) in [6, 6.07) is -0.468. The van der Waals surface area contributed by atoms with Crippen LogP contribution in [-0.2, 0) is 9.53 Å². The zero-order chi connectivity index (χ0) is 11.4. The average Bonchev–Trinajstić information content (AvgIpc) is 2.47. The maximum atomic E-state index is 11.6. The highest BCUT2D eigenvalue weighted by Gasteiger charge is 2.34. The molecule has 1 aliphatic rings. The quantitative estimate of drug-likeness (QED) is 0.745. The maximum absolute atomic E-state index is 11.6. The van der Waals surface area contributed by atoms with Gasteiger partial charge in [0.2, 0.25) is 5.91 Å². The molecule has 1 aliphatic heterocycles. The Bertz CT molecular complexity index is 253. The number of carbonyl (C=O) groups is 2. The summed E-state index contributed by atoms with van der Waals surface area (Å²) in [5.41, 5.74) is 0. The minimum atomic E-state index is -0.468. The lowest BCUT2D eigenvalue weighted by atomic mass is 10.1. The van der Waals surface area contributed by atoms with E-state index in [0.717, 1.165) is 6.42 Å². The fraction of sp³-hybridized carbons (Fsp3) is 0.800. The monoisotopic (exact) mass is 214 g/mol. The van der Waals surface area contributed by atoms with Crippen molar-refractivity contribution in [3.63, 3.8) is 0 Å². The fourth-order valence-corrected chi connectivity index (χ4v) is 1.34. The Morgan fingerprint density at radius 3 is 2.80 bits per heavy atom. The lowest BCUT2D eigenvalue weighted by molar-refractivity contribution is -0.124. The lowest BCUT2D eigenvalue weighted by Crippen LogP contribution is -2.44. The normalized spacial score (nSPS) is 20.7. The number of ether oxygens (including phenoxy) is 1. The molecule has 1 heterocycles. The summed E-state index contributed by atoms with van der Waals surface area (Å²) in [6.45, 7) is 5.00. The molecule has 5 heteroatoms. The lowest BCUT2D eigenvalue weighted by Gasteiger charge is -2.15. The van der Waals surface area contributed by atoms with Gasteiger partial charge in [-0.25, -0.2) is 4.79 Å². The Kier molecular flexibility index (Phi) is 3.94. The molecule has 0 aliphatic carbocycles. The molecule has 15 heavy (non-hydrogen) atoms. The highest BCUT2D eigenvalue weighted by Crippen LogP contribution is 2.09. The number of hydrogen-bond donors (Lipinski definition) is 1. The largest absolute Gasteiger partial charge is 0.447 e. The van der Waals surface area contributed by atoms with Crippen LogP contribution in [0.1, 0.15) is 20.3 Å². The molecular weight excluding hydrogens is 196 g/mol. The number of likely N-dealkylation sites (N-methyl/N-ethyl adjacent to an activating group) is 1. The maximum Gasteiger partial charge on any atom is 0.410 e. The molecule has 0 bridgehead atoms. The van der Waals surface area contributed by atoms with Gasteiger partial charge in [-0.15, -0.1) is 0 Å². The number of nitrogens with one attached hydrogen (secondary N) is 1. The summed E-state index contributed by atoms with van der Waals surface area (Å²) in [7, 11) is 1.57. The minimum Gasteiger partial charge on any atom is -0.447 e. The zero-order valence-electron chi connectivity index (χ0n) is 9.45. The highest BCUT2D eigenvalue weighted by molar-refractivity contribution is 5.87. The predicted molar refractivity (Wildman–Crippen MR) is 55.4 cm³/mol. The van der Waals surface area contributed by atoms with Gasteiger partial charge in [-0.3, -0.25) is 9.69 Å². The standard InChI is InChI=1S/C10H18N2O3/c1-7(2)4-5-11-9(13)8-6-15-10(14)12(8)3/h7-8H,4-6H2,1-3H3,(H,11,13). The SMILES string of the molecule is CC(C)CCNC(=O)C1COC(=O)N1C. The van der Waals surface area contributed by atoms with Crippen molar-refractivity contribution in [2.45, 2.75) is 26.3 Å². The number of carbonyl (C=O) groups excluding carboxylic acids is 2. The molecule has 0 aromatic rings. The van der Waals surface area contributed by atoms with E-state index in [1.807, 2.05) is 0 Å². The summed E-state index contributed by atoms with van der Waals surface area (Å²) in [5, 5.41) is 2.79. The van der Waals surface area contributed by atoms with E-state index in [1.54, 1.807) is 7.05 Å². The van der Waals surface area contributed by atoms with Gasteiger partial charge in [0.05, 0.1) is 0 Å².